The minimum Gasteiger partial charge on any atom is -0.363 e. The van der Waals surface area contributed by atoms with Crippen LogP contribution in [0.25, 0.3) is 0 Å². The van der Waals surface area contributed by atoms with E-state index in [2.05, 4.69) is 20.5 Å². The van der Waals surface area contributed by atoms with E-state index >= 15 is 0 Å². The molecule has 0 saturated heterocycles. The molecule has 1 atom stereocenters. The molecule has 18 heavy (non-hydrogen) atoms. The molecule has 0 spiro atoms. The molecule has 0 radical (unpaired) electrons. The number of hydrogen-bond donors (Lipinski definition) is 2. The van der Waals surface area contributed by atoms with Crippen molar-refractivity contribution >= 4 is 11.5 Å². The van der Waals surface area contributed by atoms with Crippen LogP contribution in [0.4, 0.5) is 11.5 Å². The zero-order valence-corrected chi connectivity index (χ0v) is 10.0. The van der Waals surface area contributed by atoms with Gasteiger partial charge in [-0.3, -0.25) is 15.2 Å². The second-order valence-electron chi connectivity index (χ2n) is 4.01. The summed E-state index contributed by atoms with van der Waals surface area (Å²) in [5, 5.41) is 20.4. The average molecular weight is 247 g/mol. The maximum atomic E-state index is 10.6. The lowest BCUT2D eigenvalue weighted by Gasteiger charge is -2.14. The van der Waals surface area contributed by atoms with Gasteiger partial charge in [-0.15, -0.1) is 0 Å². The topological polar surface area (TPSA) is 96.7 Å². The van der Waals surface area contributed by atoms with Gasteiger partial charge in [-0.2, -0.15) is 5.10 Å². The van der Waals surface area contributed by atoms with E-state index in [1.165, 1.54) is 12.3 Å². The highest BCUT2D eigenvalue weighted by molar-refractivity contribution is 5.49. The van der Waals surface area contributed by atoms with Crippen LogP contribution in [0.15, 0.2) is 24.7 Å². The van der Waals surface area contributed by atoms with E-state index in [-0.39, 0.29) is 11.7 Å². The van der Waals surface area contributed by atoms with Crippen LogP contribution >= 0.6 is 0 Å². The maximum Gasteiger partial charge on any atom is 0.287 e. The van der Waals surface area contributed by atoms with E-state index in [9.17, 15) is 10.1 Å². The first kappa shape index (κ1) is 12.0. The van der Waals surface area contributed by atoms with Crippen LogP contribution in [-0.4, -0.2) is 20.1 Å². The number of anilines is 1. The average Bonchev–Trinajstić information content (AvgIpc) is 2.85. The minimum absolute atomic E-state index is 0.00554. The molecular weight excluding hydrogens is 234 g/mol. The van der Waals surface area contributed by atoms with Crippen LogP contribution in [0.3, 0.4) is 0 Å². The first-order valence-corrected chi connectivity index (χ1v) is 5.44. The highest BCUT2D eigenvalue weighted by Crippen LogP contribution is 2.22. The molecule has 7 heteroatoms. The normalized spacial score (nSPS) is 12.1. The van der Waals surface area contributed by atoms with E-state index < -0.39 is 4.92 Å². The first-order valence-electron chi connectivity index (χ1n) is 5.44. The smallest absolute Gasteiger partial charge is 0.287 e. The quantitative estimate of drug-likeness (QED) is 0.637. The molecule has 0 bridgehead atoms. The van der Waals surface area contributed by atoms with Crippen LogP contribution in [0, 0.1) is 17.0 Å². The third kappa shape index (κ3) is 2.45. The second-order valence-corrected chi connectivity index (χ2v) is 4.01. The molecule has 0 aliphatic heterocycles. The lowest BCUT2D eigenvalue weighted by molar-refractivity contribution is -0.385. The number of nitrogens with zero attached hydrogens (tertiary/aromatic N) is 3. The Balaban J connectivity index is 2.17. The molecule has 7 nitrogen and oxygen atoms in total. The molecule has 0 saturated carbocycles. The Kier molecular flexibility index (Phi) is 3.22. The van der Waals surface area contributed by atoms with E-state index in [0.29, 0.717) is 5.82 Å². The third-order valence-electron chi connectivity index (χ3n) is 2.65. The number of H-pyrrole nitrogens is 1. The van der Waals surface area contributed by atoms with Gasteiger partial charge in [-0.05, 0) is 19.4 Å². The fourth-order valence-electron chi connectivity index (χ4n) is 1.60. The second kappa shape index (κ2) is 4.82. The summed E-state index contributed by atoms with van der Waals surface area (Å²) in [6.07, 6.45) is 4.76. The highest BCUT2D eigenvalue weighted by atomic mass is 16.6. The van der Waals surface area contributed by atoms with E-state index in [1.54, 1.807) is 19.3 Å². The summed E-state index contributed by atoms with van der Waals surface area (Å²) in [6, 6.07) is 1.52. The van der Waals surface area contributed by atoms with Crippen molar-refractivity contribution in [1.29, 1.82) is 0 Å². The maximum absolute atomic E-state index is 10.6. The largest absolute Gasteiger partial charge is 0.363 e. The van der Waals surface area contributed by atoms with Crippen molar-refractivity contribution in [2.45, 2.75) is 19.9 Å². The van der Waals surface area contributed by atoms with Crippen molar-refractivity contribution in [3.05, 3.63) is 45.9 Å². The Bertz CT molecular complexity index is 553. The Morgan fingerprint density at radius 1 is 1.50 bits per heavy atom. The molecular formula is C11H13N5O2. The predicted octanol–water partition coefficient (Wildman–Crippen LogP) is 2.19. The molecule has 0 amide bonds. The van der Waals surface area contributed by atoms with Gasteiger partial charge in [0.15, 0.2) is 0 Å². The minimum atomic E-state index is -0.455. The first-order chi connectivity index (χ1) is 8.58. The van der Waals surface area contributed by atoms with E-state index in [1.807, 2.05) is 6.92 Å². The van der Waals surface area contributed by atoms with Gasteiger partial charge < -0.3 is 5.32 Å². The summed E-state index contributed by atoms with van der Waals surface area (Å²) in [5.41, 5.74) is 1.73. The number of rotatable bonds is 4. The fraction of sp³-hybridized carbons (Fsp3) is 0.273. The molecule has 0 aliphatic carbocycles. The molecule has 94 valence electrons. The van der Waals surface area contributed by atoms with Gasteiger partial charge in [0.2, 0.25) is 0 Å². The third-order valence-corrected chi connectivity index (χ3v) is 2.65. The molecule has 1 unspecified atom stereocenters. The molecule has 0 aliphatic rings. The number of aryl methyl sites for hydroxylation is 1. The molecule has 2 aromatic rings. The molecule has 2 rings (SSSR count). The van der Waals surface area contributed by atoms with Gasteiger partial charge >= 0.3 is 0 Å². The van der Waals surface area contributed by atoms with Crippen LogP contribution in [0.2, 0.25) is 0 Å². The summed E-state index contributed by atoms with van der Waals surface area (Å²) in [7, 11) is 0. The van der Waals surface area contributed by atoms with Gasteiger partial charge in [0.1, 0.15) is 12.0 Å². The Labute approximate surface area is 103 Å². The van der Waals surface area contributed by atoms with Crippen LogP contribution in [0.5, 0.6) is 0 Å². The van der Waals surface area contributed by atoms with Crippen molar-refractivity contribution < 1.29 is 4.92 Å². The van der Waals surface area contributed by atoms with Crippen LogP contribution in [0.1, 0.15) is 24.1 Å². The standard InChI is InChI=1S/C11H13N5O2/c1-7-3-10(16(17)18)6-12-11(7)15-8(2)9-4-13-14-5-9/h3-6,8H,1-2H3,(H,12,15)(H,13,14). The van der Waals surface area contributed by atoms with Crippen LogP contribution in [-0.2, 0) is 0 Å². The Hall–Kier alpha value is -2.44. The number of nitrogens with one attached hydrogen (secondary N) is 2. The summed E-state index contributed by atoms with van der Waals surface area (Å²) < 4.78 is 0. The van der Waals surface area contributed by atoms with E-state index in [0.717, 1.165) is 11.1 Å². The lowest BCUT2D eigenvalue weighted by Crippen LogP contribution is -2.08. The lowest BCUT2D eigenvalue weighted by atomic mass is 10.2. The highest BCUT2D eigenvalue weighted by Gasteiger charge is 2.12. The van der Waals surface area contributed by atoms with Gasteiger partial charge in [-0.1, -0.05) is 0 Å². The zero-order chi connectivity index (χ0) is 13.1. The molecule has 2 aromatic heterocycles. The fourth-order valence-corrected chi connectivity index (χ4v) is 1.60. The van der Waals surface area contributed by atoms with Crippen molar-refractivity contribution in [3.63, 3.8) is 0 Å². The SMILES string of the molecule is Cc1cc([N+](=O)[O-])cnc1NC(C)c1cn[nH]c1. The van der Waals surface area contributed by atoms with Gasteiger partial charge in [0.25, 0.3) is 5.69 Å². The van der Waals surface area contributed by atoms with Gasteiger partial charge in [0.05, 0.1) is 17.2 Å². The summed E-state index contributed by atoms with van der Waals surface area (Å²) >= 11 is 0. The summed E-state index contributed by atoms with van der Waals surface area (Å²) in [4.78, 5) is 14.2. The molecule has 2 heterocycles. The number of nitro groups is 1. The number of hydrogen-bond acceptors (Lipinski definition) is 5. The van der Waals surface area contributed by atoms with Crippen molar-refractivity contribution in [2.24, 2.45) is 0 Å². The van der Waals surface area contributed by atoms with Crippen LogP contribution < -0.4 is 5.32 Å². The van der Waals surface area contributed by atoms with Crippen molar-refractivity contribution in [3.8, 4) is 0 Å². The predicted molar refractivity (Wildman–Crippen MR) is 66.3 cm³/mol. The monoisotopic (exact) mass is 247 g/mol. The molecule has 2 N–H and O–H groups in total. The summed E-state index contributed by atoms with van der Waals surface area (Å²) in [6.45, 7) is 3.75. The van der Waals surface area contributed by atoms with Gasteiger partial charge in [0, 0.05) is 17.8 Å². The van der Waals surface area contributed by atoms with Crippen molar-refractivity contribution in [2.75, 3.05) is 5.32 Å². The number of aromatic amines is 1. The molecule has 0 aromatic carbocycles. The van der Waals surface area contributed by atoms with Gasteiger partial charge in [-0.25, -0.2) is 4.98 Å². The Morgan fingerprint density at radius 3 is 2.83 bits per heavy atom. The van der Waals surface area contributed by atoms with Crippen molar-refractivity contribution in [1.82, 2.24) is 15.2 Å². The van der Waals surface area contributed by atoms with E-state index in [4.69, 9.17) is 0 Å². The zero-order valence-electron chi connectivity index (χ0n) is 10.0. The molecule has 0 fully saturated rings. The Morgan fingerprint density at radius 2 is 2.28 bits per heavy atom. The number of pyridine rings is 1. The number of aromatic nitrogens is 3. The summed E-state index contributed by atoms with van der Waals surface area (Å²) in [5.74, 6) is 0.634.